The van der Waals surface area contributed by atoms with E-state index in [-0.39, 0.29) is 11.8 Å². The van der Waals surface area contributed by atoms with Gasteiger partial charge in [-0.2, -0.15) is 0 Å². The smallest absolute Gasteiger partial charge is 0.319 e. The molecule has 0 aromatic heterocycles. The van der Waals surface area contributed by atoms with E-state index in [9.17, 15) is 4.79 Å². The Morgan fingerprint density at radius 1 is 1.57 bits per heavy atom. The van der Waals surface area contributed by atoms with Gasteiger partial charge in [0.1, 0.15) is 5.75 Å². The minimum atomic E-state index is -0.343. The van der Waals surface area contributed by atoms with Crippen LogP contribution in [0.2, 0.25) is 0 Å². The maximum atomic E-state index is 11.1. The van der Waals surface area contributed by atoms with Gasteiger partial charge in [-0.15, -0.1) is 0 Å². The average molecular weight is 195 g/mol. The molecule has 0 aliphatic heterocycles. The average Bonchev–Trinajstić information content (AvgIpc) is 2.12. The molecular weight excluding hydrogens is 182 g/mol. The highest BCUT2D eigenvalue weighted by Crippen LogP contribution is 2.23. The van der Waals surface area contributed by atoms with E-state index in [1.807, 2.05) is 6.92 Å². The summed E-state index contributed by atoms with van der Waals surface area (Å²) in [5.74, 6) is 0.0611. The fourth-order valence-corrected chi connectivity index (χ4v) is 0.980. The molecule has 0 atom stereocenters. The van der Waals surface area contributed by atoms with E-state index in [2.05, 4.69) is 10.6 Å². The first-order valence-corrected chi connectivity index (χ1v) is 4.27. The van der Waals surface area contributed by atoms with Crippen molar-refractivity contribution >= 4 is 17.4 Å². The number of carbonyl (C=O) groups is 1. The second kappa shape index (κ2) is 4.36. The van der Waals surface area contributed by atoms with E-state index < -0.39 is 0 Å². The van der Waals surface area contributed by atoms with Crippen molar-refractivity contribution < 1.29 is 9.90 Å². The van der Waals surface area contributed by atoms with Crippen molar-refractivity contribution in [2.45, 2.75) is 6.92 Å². The largest absolute Gasteiger partial charge is 0.508 e. The Kier molecular flexibility index (Phi) is 3.17. The lowest BCUT2D eigenvalue weighted by molar-refractivity contribution is 0.252. The summed E-state index contributed by atoms with van der Waals surface area (Å²) in [5, 5.41) is 14.2. The lowest BCUT2D eigenvalue weighted by atomic mass is 10.2. The standard InChI is InChI=1S/C9H13N3O2/c1-2-11-9(14)12-8-5-6(13)3-4-7(8)10/h3-5,13H,2,10H2,1H3,(H2,11,12,14). The molecule has 0 heterocycles. The number of urea groups is 1. The Balaban J connectivity index is 2.75. The van der Waals surface area contributed by atoms with Gasteiger partial charge in [0, 0.05) is 12.6 Å². The van der Waals surface area contributed by atoms with E-state index in [0.717, 1.165) is 0 Å². The van der Waals surface area contributed by atoms with Crippen molar-refractivity contribution in [2.75, 3.05) is 17.6 Å². The Morgan fingerprint density at radius 3 is 2.93 bits per heavy atom. The Bertz CT molecular complexity index is 339. The van der Waals surface area contributed by atoms with E-state index in [1.54, 1.807) is 0 Å². The summed E-state index contributed by atoms with van der Waals surface area (Å²) < 4.78 is 0. The van der Waals surface area contributed by atoms with Gasteiger partial charge in [0.25, 0.3) is 0 Å². The van der Waals surface area contributed by atoms with Crippen LogP contribution in [0.4, 0.5) is 16.2 Å². The minimum Gasteiger partial charge on any atom is -0.508 e. The number of nitrogens with one attached hydrogen (secondary N) is 2. The molecule has 0 unspecified atom stereocenters. The second-order valence-corrected chi connectivity index (χ2v) is 2.76. The van der Waals surface area contributed by atoms with Gasteiger partial charge < -0.3 is 21.5 Å². The van der Waals surface area contributed by atoms with Crippen LogP contribution in [0, 0.1) is 0 Å². The van der Waals surface area contributed by atoms with Gasteiger partial charge in [0.05, 0.1) is 11.4 Å². The van der Waals surface area contributed by atoms with Crippen LogP contribution >= 0.6 is 0 Å². The molecule has 14 heavy (non-hydrogen) atoms. The third kappa shape index (κ3) is 2.55. The Labute approximate surface area is 81.9 Å². The highest BCUT2D eigenvalue weighted by Gasteiger charge is 2.04. The van der Waals surface area contributed by atoms with Gasteiger partial charge in [0.2, 0.25) is 0 Å². The summed E-state index contributed by atoms with van der Waals surface area (Å²) in [5.41, 5.74) is 6.39. The molecule has 76 valence electrons. The van der Waals surface area contributed by atoms with Gasteiger partial charge in [-0.1, -0.05) is 0 Å². The van der Waals surface area contributed by atoms with Crippen LogP contribution in [0.15, 0.2) is 18.2 Å². The zero-order chi connectivity index (χ0) is 10.6. The molecule has 0 aliphatic carbocycles. The number of hydrogen-bond donors (Lipinski definition) is 4. The zero-order valence-corrected chi connectivity index (χ0v) is 7.87. The van der Waals surface area contributed by atoms with E-state index in [4.69, 9.17) is 10.8 Å². The molecule has 0 saturated carbocycles. The van der Waals surface area contributed by atoms with Crippen molar-refractivity contribution in [3.05, 3.63) is 18.2 Å². The molecule has 0 radical (unpaired) electrons. The van der Waals surface area contributed by atoms with Crippen LogP contribution in [0.1, 0.15) is 6.92 Å². The summed E-state index contributed by atoms with van der Waals surface area (Å²) >= 11 is 0. The molecule has 0 spiro atoms. The number of nitrogen functional groups attached to an aromatic ring is 1. The Hall–Kier alpha value is -1.91. The van der Waals surface area contributed by atoms with E-state index in [0.29, 0.717) is 17.9 Å². The SMILES string of the molecule is CCNC(=O)Nc1cc(O)ccc1N. The van der Waals surface area contributed by atoms with Crippen molar-refractivity contribution in [1.29, 1.82) is 0 Å². The molecule has 1 rings (SSSR count). The van der Waals surface area contributed by atoms with Crippen LogP contribution in [0.5, 0.6) is 5.75 Å². The normalized spacial score (nSPS) is 9.50. The Morgan fingerprint density at radius 2 is 2.29 bits per heavy atom. The number of phenolic OH excluding ortho intramolecular Hbond substituents is 1. The highest BCUT2D eigenvalue weighted by molar-refractivity contribution is 5.92. The third-order valence-electron chi connectivity index (χ3n) is 1.62. The summed E-state index contributed by atoms with van der Waals surface area (Å²) in [6.45, 7) is 2.34. The van der Waals surface area contributed by atoms with Crippen LogP contribution in [-0.2, 0) is 0 Å². The molecule has 2 amide bonds. The molecule has 5 heteroatoms. The minimum absolute atomic E-state index is 0.0611. The van der Waals surface area contributed by atoms with Gasteiger partial charge in [-0.3, -0.25) is 0 Å². The number of hydrogen-bond acceptors (Lipinski definition) is 3. The lowest BCUT2D eigenvalue weighted by Gasteiger charge is -2.08. The second-order valence-electron chi connectivity index (χ2n) is 2.76. The quantitative estimate of drug-likeness (QED) is 0.421. The molecule has 5 nitrogen and oxygen atoms in total. The molecule has 1 aromatic rings. The predicted molar refractivity (Wildman–Crippen MR) is 55.2 cm³/mol. The molecule has 0 aliphatic rings. The molecular formula is C9H13N3O2. The van der Waals surface area contributed by atoms with Crippen molar-refractivity contribution in [2.24, 2.45) is 0 Å². The van der Waals surface area contributed by atoms with Crippen molar-refractivity contribution in [3.8, 4) is 5.75 Å². The van der Waals surface area contributed by atoms with Crippen LogP contribution in [0.3, 0.4) is 0 Å². The van der Waals surface area contributed by atoms with E-state index >= 15 is 0 Å². The van der Waals surface area contributed by atoms with Crippen LogP contribution in [0.25, 0.3) is 0 Å². The summed E-state index contributed by atoms with van der Waals surface area (Å²) in [4.78, 5) is 11.1. The first-order valence-electron chi connectivity index (χ1n) is 4.27. The summed E-state index contributed by atoms with van der Waals surface area (Å²) in [6.07, 6.45) is 0. The predicted octanol–water partition coefficient (Wildman–Crippen LogP) is 1.12. The number of nitrogens with two attached hydrogens (primary N) is 1. The summed E-state index contributed by atoms with van der Waals surface area (Å²) in [7, 11) is 0. The summed E-state index contributed by atoms with van der Waals surface area (Å²) in [6, 6.07) is 4.03. The number of amides is 2. The van der Waals surface area contributed by atoms with E-state index in [1.165, 1.54) is 18.2 Å². The molecule has 0 bridgehead atoms. The molecule has 5 N–H and O–H groups in total. The number of phenols is 1. The first-order chi connectivity index (χ1) is 6.63. The number of carbonyl (C=O) groups excluding carboxylic acids is 1. The van der Waals surface area contributed by atoms with Gasteiger partial charge in [0.15, 0.2) is 0 Å². The van der Waals surface area contributed by atoms with Crippen molar-refractivity contribution in [1.82, 2.24) is 5.32 Å². The number of benzene rings is 1. The zero-order valence-electron chi connectivity index (χ0n) is 7.87. The van der Waals surface area contributed by atoms with Gasteiger partial charge in [-0.25, -0.2) is 4.79 Å². The van der Waals surface area contributed by atoms with Crippen LogP contribution in [-0.4, -0.2) is 17.7 Å². The molecule has 0 fully saturated rings. The molecule has 0 saturated heterocycles. The van der Waals surface area contributed by atoms with Crippen molar-refractivity contribution in [3.63, 3.8) is 0 Å². The number of aromatic hydroxyl groups is 1. The monoisotopic (exact) mass is 195 g/mol. The first kappa shape index (κ1) is 10.2. The molecule has 1 aromatic carbocycles. The fraction of sp³-hybridized carbons (Fsp3) is 0.222. The maximum absolute atomic E-state index is 11.1. The lowest BCUT2D eigenvalue weighted by Crippen LogP contribution is -2.28. The third-order valence-corrected chi connectivity index (χ3v) is 1.62. The van der Waals surface area contributed by atoms with Crippen LogP contribution < -0.4 is 16.4 Å². The topological polar surface area (TPSA) is 87.4 Å². The van der Waals surface area contributed by atoms with Gasteiger partial charge >= 0.3 is 6.03 Å². The number of rotatable bonds is 2. The number of anilines is 2. The maximum Gasteiger partial charge on any atom is 0.319 e. The van der Waals surface area contributed by atoms with Gasteiger partial charge in [-0.05, 0) is 19.1 Å². The highest BCUT2D eigenvalue weighted by atomic mass is 16.3. The fourth-order valence-electron chi connectivity index (χ4n) is 0.980.